The molecule has 0 unspecified atom stereocenters. The number of benzene rings is 1. The van der Waals surface area contributed by atoms with Gasteiger partial charge < -0.3 is 0 Å². The summed E-state index contributed by atoms with van der Waals surface area (Å²) in [5.41, 5.74) is 2.54. The van der Waals surface area contributed by atoms with Crippen LogP contribution in [0.25, 0.3) is 10.1 Å². The summed E-state index contributed by atoms with van der Waals surface area (Å²) in [6.45, 7) is 2.13. The first-order valence-electron chi connectivity index (χ1n) is 3.95. The van der Waals surface area contributed by atoms with Gasteiger partial charge in [0.25, 0.3) is 0 Å². The highest BCUT2D eigenvalue weighted by atomic mass is 79.9. The van der Waals surface area contributed by atoms with Gasteiger partial charge in [-0.15, -0.1) is 22.9 Å². The van der Waals surface area contributed by atoms with Gasteiger partial charge in [0.15, 0.2) is 0 Å². The molecule has 2 aromatic rings. The summed E-state index contributed by atoms with van der Waals surface area (Å²) in [5, 5.41) is 3.41. The molecule has 0 atom stereocenters. The molecule has 0 nitrogen and oxygen atoms in total. The van der Waals surface area contributed by atoms with Gasteiger partial charge in [0, 0.05) is 20.4 Å². The Balaban J connectivity index is 2.87. The smallest absolute Gasteiger partial charge is 0.0488 e. The number of alkyl halides is 1. The van der Waals surface area contributed by atoms with Crippen LogP contribution in [-0.2, 0) is 5.88 Å². The van der Waals surface area contributed by atoms with Crippen molar-refractivity contribution >= 4 is 49.0 Å². The molecule has 1 aromatic heterocycles. The third-order valence-corrected chi connectivity index (χ3v) is 4.20. The van der Waals surface area contributed by atoms with Crippen LogP contribution in [0.15, 0.2) is 22.0 Å². The molecular formula is C10H8BrClS. The van der Waals surface area contributed by atoms with Gasteiger partial charge in [-0.2, -0.15) is 0 Å². The SMILES string of the molecule is Cc1ccc(Br)c2c(CCl)csc12. The molecule has 0 spiro atoms. The Hall–Kier alpha value is -0.0500. The summed E-state index contributed by atoms with van der Waals surface area (Å²) in [6, 6.07) is 4.21. The van der Waals surface area contributed by atoms with Crippen molar-refractivity contribution in [2.75, 3.05) is 0 Å². The Kier molecular flexibility index (Phi) is 2.63. The van der Waals surface area contributed by atoms with Gasteiger partial charge in [-0.1, -0.05) is 22.0 Å². The first-order valence-corrected chi connectivity index (χ1v) is 6.16. The molecule has 1 heterocycles. The molecule has 0 aliphatic heterocycles. The molecule has 0 amide bonds. The zero-order valence-electron chi connectivity index (χ0n) is 7.10. The zero-order chi connectivity index (χ0) is 9.42. The number of hydrogen-bond donors (Lipinski definition) is 0. The minimum absolute atomic E-state index is 0.585. The van der Waals surface area contributed by atoms with E-state index >= 15 is 0 Å². The van der Waals surface area contributed by atoms with Gasteiger partial charge in [-0.3, -0.25) is 0 Å². The summed E-state index contributed by atoms with van der Waals surface area (Å²) in [4.78, 5) is 0. The normalized spacial score (nSPS) is 11.0. The van der Waals surface area contributed by atoms with E-state index in [1.807, 2.05) is 0 Å². The van der Waals surface area contributed by atoms with E-state index in [0.717, 1.165) is 4.47 Å². The fourth-order valence-corrected chi connectivity index (χ4v) is 3.49. The molecule has 13 heavy (non-hydrogen) atoms. The predicted molar refractivity (Wildman–Crippen MR) is 63.8 cm³/mol. The summed E-state index contributed by atoms with van der Waals surface area (Å²) in [6.07, 6.45) is 0. The highest BCUT2D eigenvalue weighted by Gasteiger charge is 2.08. The maximum Gasteiger partial charge on any atom is 0.0488 e. The quantitative estimate of drug-likeness (QED) is 0.661. The average Bonchev–Trinajstić information content (AvgIpc) is 2.56. The molecule has 0 saturated heterocycles. The van der Waals surface area contributed by atoms with Gasteiger partial charge in [-0.05, 0) is 29.5 Å². The fraction of sp³-hybridized carbons (Fsp3) is 0.200. The average molecular weight is 276 g/mol. The van der Waals surface area contributed by atoms with Crippen LogP contribution < -0.4 is 0 Å². The van der Waals surface area contributed by atoms with E-state index in [2.05, 4.69) is 40.4 Å². The van der Waals surface area contributed by atoms with Crippen LogP contribution in [-0.4, -0.2) is 0 Å². The molecule has 0 bridgehead atoms. The lowest BCUT2D eigenvalue weighted by atomic mass is 10.1. The summed E-state index contributed by atoms with van der Waals surface area (Å²) >= 11 is 11.2. The van der Waals surface area contributed by atoms with Crippen molar-refractivity contribution in [1.29, 1.82) is 0 Å². The highest BCUT2D eigenvalue weighted by Crippen LogP contribution is 2.35. The molecule has 0 fully saturated rings. The van der Waals surface area contributed by atoms with Gasteiger partial charge >= 0.3 is 0 Å². The monoisotopic (exact) mass is 274 g/mol. The summed E-state index contributed by atoms with van der Waals surface area (Å²) in [5.74, 6) is 0.585. The Morgan fingerprint density at radius 2 is 2.23 bits per heavy atom. The lowest BCUT2D eigenvalue weighted by Crippen LogP contribution is -1.77. The van der Waals surface area contributed by atoms with E-state index in [-0.39, 0.29) is 0 Å². The van der Waals surface area contributed by atoms with Crippen molar-refractivity contribution in [3.05, 3.63) is 33.1 Å². The second kappa shape index (κ2) is 3.60. The van der Waals surface area contributed by atoms with Gasteiger partial charge in [0.05, 0.1) is 0 Å². The number of aryl methyl sites for hydroxylation is 1. The van der Waals surface area contributed by atoms with E-state index in [0.29, 0.717) is 5.88 Å². The summed E-state index contributed by atoms with van der Waals surface area (Å²) < 4.78 is 2.48. The van der Waals surface area contributed by atoms with Crippen LogP contribution in [0.4, 0.5) is 0 Å². The second-order valence-electron chi connectivity index (χ2n) is 2.96. The molecule has 0 radical (unpaired) electrons. The third-order valence-electron chi connectivity index (χ3n) is 2.09. The van der Waals surface area contributed by atoms with E-state index < -0.39 is 0 Å². The molecule has 2 rings (SSSR count). The Labute approximate surface area is 94.7 Å². The van der Waals surface area contributed by atoms with Gasteiger partial charge in [-0.25, -0.2) is 0 Å². The van der Waals surface area contributed by atoms with Crippen LogP contribution in [0.5, 0.6) is 0 Å². The van der Waals surface area contributed by atoms with Crippen molar-refractivity contribution in [2.45, 2.75) is 12.8 Å². The van der Waals surface area contributed by atoms with Crippen LogP contribution in [0, 0.1) is 6.92 Å². The largest absolute Gasteiger partial charge is 0.143 e. The van der Waals surface area contributed by atoms with Crippen LogP contribution >= 0.6 is 38.9 Å². The van der Waals surface area contributed by atoms with Crippen molar-refractivity contribution in [1.82, 2.24) is 0 Å². The predicted octanol–water partition coefficient (Wildman–Crippen LogP) is 4.71. The number of rotatable bonds is 1. The van der Waals surface area contributed by atoms with Gasteiger partial charge in [0.1, 0.15) is 0 Å². The molecule has 0 saturated carbocycles. The Morgan fingerprint density at radius 3 is 2.92 bits per heavy atom. The number of thiophene rings is 1. The third kappa shape index (κ3) is 1.51. The number of fused-ring (bicyclic) bond motifs is 1. The fourth-order valence-electron chi connectivity index (χ4n) is 1.40. The van der Waals surface area contributed by atoms with Crippen molar-refractivity contribution < 1.29 is 0 Å². The van der Waals surface area contributed by atoms with Crippen LogP contribution in [0.2, 0.25) is 0 Å². The first-order chi connectivity index (χ1) is 6.24. The first kappa shape index (κ1) is 9.50. The van der Waals surface area contributed by atoms with E-state index in [4.69, 9.17) is 11.6 Å². The molecule has 3 heteroatoms. The van der Waals surface area contributed by atoms with Crippen LogP contribution in [0.3, 0.4) is 0 Å². The van der Waals surface area contributed by atoms with Gasteiger partial charge in [0.2, 0.25) is 0 Å². The Morgan fingerprint density at radius 1 is 1.46 bits per heavy atom. The maximum absolute atomic E-state index is 5.86. The van der Waals surface area contributed by atoms with E-state index in [9.17, 15) is 0 Å². The Bertz CT molecular complexity index is 447. The summed E-state index contributed by atoms with van der Waals surface area (Å²) in [7, 11) is 0. The maximum atomic E-state index is 5.86. The van der Waals surface area contributed by atoms with Crippen molar-refractivity contribution in [3.63, 3.8) is 0 Å². The number of halogens is 2. The second-order valence-corrected chi connectivity index (χ2v) is 4.96. The molecule has 0 N–H and O–H groups in total. The minimum Gasteiger partial charge on any atom is -0.143 e. The molecular weight excluding hydrogens is 268 g/mol. The lowest BCUT2D eigenvalue weighted by molar-refractivity contribution is 1.47. The standard InChI is InChI=1S/C10H8BrClS/c1-6-2-3-8(11)9-7(4-12)5-13-10(6)9/h2-3,5H,4H2,1H3. The molecule has 0 aliphatic rings. The molecule has 1 aromatic carbocycles. The lowest BCUT2D eigenvalue weighted by Gasteiger charge is -1.99. The van der Waals surface area contributed by atoms with Crippen molar-refractivity contribution in [3.8, 4) is 0 Å². The number of hydrogen-bond acceptors (Lipinski definition) is 1. The van der Waals surface area contributed by atoms with E-state index in [1.165, 1.54) is 21.2 Å². The molecule has 0 aliphatic carbocycles. The van der Waals surface area contributed by atoms with Crippen molar-refractivity contribution in [2.24, 2.45) is 0 Å². The minimum atomic E-state index is 0.585. The van der Waals surface area contributed by atoms with Crippen LogP contribution in [0.1, 0.15) is 11.1 Å². The topological polar surface area (TPSA) is 0 Å². The molecule has 68 valence electrons. The highest BCUT2D eigenvalue weighted by molar-refractivity contribution is 9.10. The zero-order valence-corrected chi connectivity index (χ0v) is 10.3. The van der Waals surface area contributed by atoms with E-state index in [1.54, 1.807) is 11.3 Å².